The van der Waals surface area contributed by atoms with Gasteiger partial charge in [-0.3, -0.25) is 9.59 Å². The number of carbonyl (C=O) groups is 2. The minimum Gasteiger partial charge on any atom is -0.494 e. The lowest BCUT2D eigenvalue weighted by atomic mass is 9.94. The van der Waals surface area contributed by atoms with Crippen LogP contribution >= 0.6 is 22.6 Å². The number of methoxy groups -OCH3 is 1. The van der Waals surface area contributed by atoms with Crippen LogP contribution in [0, 0.1) is 9.39 Å². The van der Waals surface area contributed by atoms with Gasteiger partial charge in [0.1, 0.15) is 23.2 Å². The van der Waals surface area contributed by atoms with E-state index in [0.717, 1.165) is 0 Å². The summed E-state index contributed by atoms with van der Waals surface area (Å²) in [5.41, 5.74) is 1.04. The second-order valence-electron chi connectivity index (χ2n) is 4.53. The van der Waals surface area contributed by atoms with Gasteiger partial charge in [0.15, 0.2) is 5.78 Å². The molecule has 0 saturated carbocycles. The summed E-state index contributed by atoms with van der Waals surface area (Å²) in [6.45, 7) is 0. The SMILES string of the molecule is COc1cc[nH]c1C(=O)C1C(=O)Nc2ccc(F)c(I)c21. The molecule has 7 heteroatoms. The Labute approximate surface area is 133 Å². The number of halogens is 2. The maximum atomic E-state index is 13.7. The number of H-pyrrole nitrogens is 1. The molecule has 1 aromatic heterocycles. The third kappa shape index (κ3) is 2.11. The van der Waals surface area contributed by atoms with Crippen LogP contribution < -0.4 is 10.1 Å². The third-order valence-electron chi connectivity index (χ3n) is 3.38. The molecule has 5 nitrogen and oxygen atoms in total. The predicted molar refractivity (Wildman–Crippen MR) is 82.2 cm³/mol. The number of fused-ring (bicyclic) bond motifs is 1. The second kappa shape index (κ2) is 5.14. The number of ketones is 1. The number of nitrogens with one attached hydrogen (secondary N) is 2. The van der Waals surface area contributed by atoms with Crippen molar-refractivity contribution in [1.29, 1.82) is 0 Å². The first kappa shape index (κ1) is 14.1. The number of ether oxygens (including phenoxy) is 1. The van der Waals surface area contributed by atoms with E-state index in [1.54, 1.807) is 34.9 Å². The number of hydrogen-bond donors (Lipinski definition) is 2. The molecule has 1 aliphatic heterocycles. The number of anilines is 1. The van der Waals surface area contributed by atoms with Crippen molar-refractivity contribution < 1.29 is 18.7 Å². The molecule has 1 amide bonds. The Bertz CT molecular complexity index is 757. The maximum Gasteiger partial charge on any atom is 0.240 e. The first-order chi connectivity index (χ1) is 10.0. The van der Waals surface area contributed by atoms with Crippen molar-refractivity contribution in [2.24, 2.45) is 0 Å². The topological polar surface area (TPSA) is 71.2 Å². The number of aromatic nitrogens is 1. The van der Waals surface area contributed by atoms with Crippen LogP contribution in [0.4, 0.5) is 10.1 Å². The average molecular weight is 400 g/mol. The van der Waals surface area contributed by atoms with E-state index in [1.165, 1.54) is 19.2 Å². The normalized spacial score (nSPS) is 16.5. The van der Waals surface area contributed by atoms with E-state index in [1.807, 2.05) is 0 Å². The number of aromatic amines is 1. The molecule has 1 aromatic carbocycles. The van der Waals surface area contributed by atoms with E-state index in [2.05, 4.69) is 10.3 Å². The molecule has 2 aromatic rings. The zero-order valence-electron chi connectivity index (χ0n) is 10.9. The monoisotopic (exact) mass is 400 g/mol. The lowest BCUT2D eigenvalue weighted by Crippen LogP contribution is -2.22. The van der Waals surface area contributed by atoms with E-state index in [0.29, 0.717) is 17.0 Å². The van der Waals surface area contributed by atoms with Gasteiger partial charge < -0.3 is 15.0 Å². The molecule has 0 radical (unpaired) electrons. The highest BCUT2D eigenvalue weighted by Crippen LogP contribution is 2.39. The van der Waals surface area contributed by atoms with Gasteiger partial charge >= 0.3 is 0 Å². The summed E-state index contributed by atoms with van der Waals surface area (Å²) < 4.78 is 19.1. The smallest absolute Gasteiger partial charge is 0.240 e. The standard InChI is InChI=1S/C14H10FIN2O3/c1-21-8-4-5-17-12(8)13(19)10-9-7(18-14(10)20)3-2-6(15)11(9)16/h2-5,10,17H,1H3,(H,18,20). The van der Waals surface area contributed by atoms with Crippen LogP contribution in [0.25, 0.3) is 0 Å². The number of Topliss-reactive ketones (excluding diaryl/α,β-unsaturated/α-hetero) is 1. The van der Waals surface area contributed by atoms with Gasteiger partial charge in [-0.25, -0.2) is 4.39 Å². The molecule has 0 bridgehead atoms. The van der Waals surface area contributed by atoms with Crippen molar-refractivity contribution in [1.82, 2.24) is 4.98 Å². The first-order valence-corrected chi connectivity index (χ1v) is 7.16. The summed E-state index contributed by atoms with van der Waals surface area (Å²) in [5, 5.41) is 2.61. The molecule has 0 fully saturated rings. The van der Waals surface area contributed by atoms with Gasteiger partial charge in [-0.05, 0) is 40.8 Å². The molecule has 21 heavy (non-hydrogen) atoms. The Morgan fingerprint density at radius 3 is 2.86 bits per heavy atom. The van der Waals surface area contributed by atoms with E-state index in [-0.39, 0.29) is 9.26 Å². The molecule has 2 heterocycles. The first-order valence-electron chi connectivity index (χ1n) is 6.09. The molecule has 108 valence electrons. The quantitative estimate of drug-likeness (QED) is 0.473. The molecule has 3 rings (SSSR count). The van der Waals surface area contributed by atoms with Gasteiger partial charge in [-0.1, -0.05) is 0 Å². The van der Waals surface area contributed by atoms with Gasteiger partial charge in [-0.15, -0.1) is 0 Å². The molecule has 2 N–H and O–H groups in total. The van der Waals surface area contributed by atoms with Crippen molar-refractivity contribution in [3.63, 3.8) is 0 Å². The Morgan fingerprint density at radius 2 is 2.14 bits per heavy atom. The number of benzene rings is 1. The van der Waals surface area contributed by atoms with E-state index in [4.69, 9.17) is 4.74 Å². The number of carbonyl (C=O) groups excluding carboxylic acids is 2. The Morgan fingerprint density at radius 1 is 1.38 bits per heavy atom. The molecule has 0 saturated heterocycles. The summed E-state index contributed by atoms with van der Waals surface area (Å²) in [7, 11) is 1.44. The van der Waals surface area contributed by atoms with Crippen molar-refractivity contribution in [3.05, 3.63) is 45.0 Å². The summed E-state index contributed by atoms with van der Waals surface area (Å²) in [6.07, 6.45) is 1.55. The molecule has 0 aliphatic carbocycles. The maximum absolute atomic E-state index is 13.7. The lowest BCUT2D eigenvalue weighted by Gasteiger charge is -2.10. The average Bonchev–Trinajstić information content (AvgIpc) is 3.06. The number of rotatable bonds is 3. The predicted octanol–water partition coefficient (Wildman–Crippen LogP) is 2.69. The summed E-state index contributed by atoms with van der Waals surface area (Å²) in [4.78, 5) is 27.5. The number of hydrogen-bond acceptors (Lipinski definition) is 3. The van der Waals surface area contributed by atoms with Gasteiger partial charge in [0.2, 0.25) is 5.91 Å². The van der Waals surface area contributed by atoms with Gasteiger partial charge in [-0.2, -0.15) is 0 Å². The largest absolute Gasteiger partial charge is 0.494 e. The molecule has 1 unspecified atom stereocenters. The fourth-order valence-electron chi connectivity index (χ4n) is 2.41. The van der Waals surface area contributed by atoms with Gasteiger partial charge in [0.25, 0.3) is 0 Å². The van der Waals surface area contributed by atoms with Crippen LogP contribution in [0.15, 0.2) is 24.4 Å². The summed E-state index contributed by atoms with van der Waals surface area (Å²) in [5.74, 6) is -2.09. The van der Waals surface area contributed by atoms with Crippen LogP contribution in [0.1, 0.15) is 22.0 Å². The van der Waals surface area contributed by atoms with Crippen molar-refractivity contribution >= 4 is 40.0 Å². The van der Waals surface area contributed by atoms with E-state index >= 15 is 0 Å². The highest BCUT2D eigenvalue weighted by atomic mass is 127. The Hall–Kier alpha value is -1.90. The fraction of sp³-hybridized carbons (Fsp3) is 0.143. The summed E-state index contributed by atoms with van der Waals surface area (Å²) in [6, 6.07) is 4.32. The van der Waals surface area contributed by atoms with Crippen molar-refractivity contribution in [2.45, 2.75) is 5.92 Å². The minimum atomic E-state index is -1.07. The highest BCUT2D eigenvalue weighted by molar-refractivity contribution is 14.1. The van der Waals surface area contributed by atoms with Crippen LogP contribution in [0.3, 0.4) is 0 Å². The Balaban J connectivity index is 2.11. The molecular weight excluding hydrogens is 390 g/mol. The summed E-state index contributed by atoms with van der Waals surface area (Å²) >= 11 is 1.80. The lowest BCUT2D eigenvalue weighted by molar-refractivity contribution is -0.116. The second-order valence-corrected chi connectivity index (χ2v) is 5.61. The molecular formula is C14H10FIN2O3. The van der Waals surface area contributed by atoms with E-state index < -0.39 is 23.4 Å². The molecule has 1 aliphatic rings. The fourth-order valence-corrected chi connectivity index (χ4v) is 3.19. The zero-order chi connectivity index (χ0) is 15.1. The van der Waals surface area contributed by atoms with E-state index in [9.17, 15) is 14.0 Å². The molecule has 1 atom stereocenters. The third-order valence-corrected chi connectivity index (χ3v) is 4.48. The van der Waals surface area contributed by atoms with Crippen molar-refractivity contribution in [3.8, 4) is 5.75 Å². The van der Waals surface area contributed by atoms with Crippen LogP contribution in [-0.2, 0) is 4.79 Å². The van der Waals surface area contributed by atoms with Crippen molar-refractivity contribution in [2.75, 3.05) is 12.4 Å². The van der Waals surface area contributed by atoms with Crippen LogP contribution in [0.2, 0.25) is 0 Å². The van der Waals surface area contributed by atoms with Gasteiger partial charge in [0.05, 0.1) is 10.7 Å². The molecule has 0 spiro atoms. The highest BCUT2D eigenvalue weighted by Gasteiger charge is 2.40. The van der Waals surface area contributed by atoms with Gasteiger partial charge in [0, 0.05) is 17.4 Å². The minimum absolute atomic E-state index is 0.200. The Kier molecular flexibility index (Phi) is 3.44. The van der Waals surface area contributed by atoms with Crippen LogP contribution in [0.5, 0.6) is 5.75 Å². The van der Waals surface area contributed by atoms with Crippen LogP contribution in [-0.4, -0.2) is 23.8 Å². The number of amides is 1. The zero-order valence-corrected chi connectivity index (χ0v) is 13.0.